The van der Waals surface area contributed by atoms with Crippen LogP contribution in [0, 0.1) is 11.8 Å². The van der Waals surface area contributed by atoms with Crippen LogP contribution in [0.1, 0.15) is 71.1 Å². The highest BCUT2D eigenvalue weighted by molar-refractivity contribution is 5.85. The SMILES string of the molecule is CC(CC(=O)N1CCC(NCC2CC2)CC1)NC(=O)C1CCCCC1.Cl. The minimum absolute atomic E-state index is 0. The Kier molecular flexibility index (Phi) is 8.68. The van der Waals surface area contributed by atoms with Gasteiger partial charge in [-0.05, 0) is 57.9 Å². The first kappa shape index (κ1) is 21.5. The van der Waals surface area contributed by atoms with Crippen LogP contribution in [0.4, 0.5) is 0 Å². The Morgan fingerprint density at radius 1 is 1.00 bits per heavy atom. The molecule has 2 aliphatic carbocycles. The zero-order chi connectivity index (χ0) is 17.6. The minimum Gasteiger partial charge on any atom is -0.353 e. The van der Waals surface area contributed by atoms with Crippen molar-refractivity contribution in [3.8, 4) is 0 Å². The smallest absolute Gasteiger partial charge is 0.224 e. The van der Waals surface area contributed by atoms with Crippen molar-refractivity contribution in [2.45, 2.75) is 83.2 Å². The molecule has 2 amide bonds. The van der Waals surface area contributed by atoms with Crippen LogP contribution in [0.2, 0.25) is 0 Å². The summed E-state index contributed by atoms with van der Waals surface area (Å²) in [6, 6.07) is 0.515. The lowest BCUT2D eigenvalue weighted by atomic mass is 9.88. The fourth-order valence-electron chi connectivity index (χ4n) is 4.16. The number of piperidine rings is 1. The van der Waals surface area contributed by atoms with Gasteiger partial charge in [-0.1, -0.05) is 19.3 Å². The molecule has 2 saturated carbocycles. The third kappa shape index (κ3) is 6.73. The van der Waals surface area contributed by atoms with Gasteiger partial charge < -0.3 is 15.5 Å². The van der Waals surface area contributed by atoms with Crippen molar-refractivity contribution in [2.75, 3.05) is 19.6 Å². The number of carbonyl (C=O) groups is 2. The van der Waals surface area contributed by atoms with Gasteiger partial charge in [-0.25, -0.2) is 0 Å². The maximum atomic E-state index is 12.5. The highest BCUT2D eigenvalue weighted by Crippen LogP contribution is 2.28. The number of halogens is 1. The van der Waals surface area contributed by atoms with Crippen molar-refractivity contribution in [2.24, 2.45) is 11.8 Å². The Labute approximate surface area is 164 Å². The Bertz CT molecular complexity index is 456. The van der Waals surface area contributed by atoms with E-state index in [1.807, 2.05) is 11.8 Å². The highest BCUT2D eigenvalue weighted by atomic mass is 35.5. The van der Waals surface area contributed by atoms with Gasteiger partial charge in [0.05, 0.1) is 0 Å². The molecule has 0 spiro atoms. The van der Waals surface area contributed by atoms with Gasteiger partial charge in [0.15, 0.2) is 0 Å². The van der Waals surface area contributed by atoms with Crippen molar-refractivity contribution in [3.05, 3.63) is 0 Å². The first-order valence-corrected chi connectivity index (χ1v) is 10.4. The van der Waals surface area contributed by atoms with E-state index in [1.165, 1.54) is 19.3 Å². The third-order valence-corrected chi connectivity index (χ3v) is 6.09. The number of hydrogen-bond donors (Lipinski definition) is 2. The normalized spacial score (nSPS) is 23.2. The van der Waals surface area contributed by atoms with Crippen molar-refractivity contribution < 1.29 is 9.59 Å². The summed E-state index contributed by atoms with van der Waals surface area (Å²) < 4.78 is 0. The molecule has 1 aliphatic heterocycles. The molecule has 1 saturated heterocycles. The molecule has 5 nitrogen and oxygen atoms in total. The number of hydrogen-bond acceptors (Lipinski definition) is 3. The second kappa shape index (κ2) is 10.5. The van der Waals surface area contributed by atoms with E-state index in [2.05, 4.69) is 10.6 Å². The molecule has 3 fully saturated rings. The first-order chi connectivity index (χ1) is 12.1. The van der Waals surface area contributed by atoms with Crippen molar-refractivity contribution in [3.63, 3.8) is 0 Å². The zero-order valence-corrected chi connectivity index (χ0v) is 17.0. The second-order valence-corrected chi connectivity index (χ2v) is 8.46. The van der Waals surface area contributed by atoms with Gasteiger partial charge in [-0.3, -0.25) is 9.59 Å². The van der Waals surface area contributed by atoms with Gasteiger partial charge in [0, 0.05) is 37.5 Å². The summed E-state index contributed by atoms with van der Waals surface area (Å²) >= 11 is 0. The molecular weight excluding hydrogens is 350 g/mol. The lowest BCUT2D eigenvalue weighted by Gasteiger charge is -2.33. The van der Waals surface area contributed by atoms with E-state index in [4.69, 9.17) is 0 Å². The fourth-order valence-corrected chi connectivity index (χ4v) is 4.16. The number of nitrogens with one attached hydrogen (secondary N) is 2. The van der Waals surface area contributed by atoms with Crippen molar-refractivity contribution in [1.29, 1.82) is 0 Å². The van der Waals surface area contributed by atoms with Crippen molar-refractivity contribution in [1.82, 2.24) is 15.5 Å². The molecule has 26 heavy (non-hydrogen) atoms. The lowest BCUT2D eigenvalue weighted by molar-refractivity contribution is -0.133. The molecular formula is C20H36ClN3O2. The van der Waals surface area contributed by atoms with E-state index in [0.29, 0.717) is 12.5 Å². The molecule has 1 atom stereocenters. The summed E-state index contributed by atoms with van der Waals surface area (Å²) in [7, 11) is 0. The number of carbonyl (C=O) groups excluding carboxylic acids is 2. The molecule has 0 aromatic heterocycles. The molecule has 150 valence electrons. The van der Waals surface area contributed by atoms with Crippen LogP contribution in [-0.4, -0.2) is 48.4 Å². The lowest BCUT2D eigenvalue weighted by Crippen LogP contribution is -2.47. The first-order valence-electron chi connectivity index (χ1n) is 10.4. The van der Waals surface area contributed by atoms with E-state index in [0.717, 1.165) is 64.1 Å². The third-order valence-electron chi connectivity index (χ3n) is 6.09. The summed E-state index contributed by atoms with van der Waals surface area (Å²) in [6.45, 7) is 4.82. The second-order valence-electron chi connectivity index (χ2n) is 8.46. The molecule has 0 aromatic rings. The zero-order valence-electron chi connectivity index (χ0n) is 16.2. The van der Waals surface area contributed by atoms with Crippen molar-refractivity contribution >= 4 is 24.2 Å². The molecule has 1 unspecified atom stereocenters. The fraction of sp³-hybridized carbons (Fsp3) is 0.900. The number of amides is 2. The Morgan fingerprint density at radius 3 is 2.27 bits per heavy atom. The molecule has 3 rings (SSSR count). The van der Waals surface area contributed by atoms with Crippen LogP contribution in [0.25, 0.3) is 0 Å². The van der Waals surface area contributed by atoms with Crippen LogP contribution < -0.4 is 10.6 Å². The Hall–Kier alpha value is -0.810. The maximum Gasteiger partial charge on any atom is 0.224 e. The average Bonchev–Trinajstić information content (AvgIpc) is 3.45. The standard InChI is InChI=1S/C20H35N3O2.ClH/c1-15(22-20(25)17-5-3-2-4-6-17)13-19(24)23-11-9-18(10-12-23)21-14-16-7-8-16;/h15-18,21H,2-14H2,1H3,(H,22,25);1H. The summed E-state index contributed by atoms with van der Waals surface area (Å²) in [4.78, 5) is 26.8. The molecule has 3 aliphatic rings. The molecule has 0 aromatic carbocycles. The molecule has 0 radical (unpaired) electrons. The molecule has 0 bridgehead atoms. The molecule has 2 N–H and O–H groups in total. The summed E-state index contributed by atoms with van der Waals surface area (Å²) in [5.74, 6) is 1.42. The maximum absolute atomic E-state index is 12.5. The number of rotatable bonds is 7. The monoisotopic (exact) mass is 385 g/mol. The largest absolute Gasteiger partial charge is 0.353 e. The highest BCUT2D eigenvalue weighted by Gasteiger charge is 2.27. The van der Waals surface area contributed by atoms with Crippen LogP contribution in [-0.2, 0) is 9.59 Å². The van der Waals surface area contributed by atoms with E-state index in [-0.39, 0.29) is 36.2 Å². The summed E-state index contributed by atoms with van der Waals surface area (Å²) in [6.07, 6.45) is 10.9. The topological polar surface area (TPSA) is 61.4 Å². The quantitative estimate of drug-likeness (QED) is 0.708. The van der Waals surface area contributed by atoms with E-state index < -0.39 is 0 Å². The number of likely N-dealkylation sites (tertiary alicyclic amines) is 1. The van der Waals surface area contributed by atoms with E-state index >= 15 is 0 Å². The molecule has 1 heterocycles. The van der Waals surface area contributed by atoms with E-state index in [1.54, 1.807) is 0 Å². The Balaban J connectivity index is 0.00000243. The van der Waals surface area contributed by atoms with Gasteiger partial charge in [-0.15, -0.1) is 12.4 Å². The Morgan fingerprint density at radius 2 is 1.65 bits per heavy atom. The van der Waals surface area contributed by atoms with Gasteiger partial charge in [0.2, 0.25) is 11.8 Å². The van der Waals surface area contributed by atoms with Crippen LogP contribution >= 0.6 is 12.4 Å². The molecule has 6 heteroatoms. The predicted molar refractivity (Wildman–Crippen MR) is 106 cm³/mol. The van der Waals surface area contributed by atoms with E-state index in [9.17, 15) is 9.59 Å². The van der Waals surface area contributed by atoms with Gasteiger partial charge in [-0.2, -0.15) is 0 Å². The number of nitrogens with zero attached hydrogens (tertiary/aromatic N) is 1. The average molecular weight is 386 g/mol. The van der Waals surface area contributed by atoms with Crippen LogP contribution in [0.5, 0.6) is 0 Å². The van der Waals surface area contributed by atoms with Gasteiger partial charge in [0.1, 0.15) is 0 Å². The minimum atomic E-state index is -0.0624. The van der Waals surface area contributed by atoms with Crippen LogP contribution in [0.3, 0.4) is 0 Å². The van der Waals surface area contributed by atoms with Gasteiger partial charge >= 0.3 is 0 Å². The summed E-state index contributed by atoms with van der Waals surface area (Å²) in [5.41, 5.74) is 0. The summed E-state index contributed by atoms with van der Waals surface area (Å²) in [5, 5.41) is 6.72. The van der Waals surface area contributed by atoms with Gasteiger partial charge in [0.25, 0.3) is 0 Å². The predicted octanol–water partition coefficient (Wildman–Crippen LogP) is 2.87. The van der Waals surface area contributed by atoms with Crippen LogP contribution in [0.15, 0.2) is 0 Å².